The number of thiol groups is 1. The largest absolute Gasteiger partial charge is 0.301 e. The standard InChI is InChI=1S/C17H34N2S/c20-15-9-5-3-1-2-4-7-11-18-13-14-19-12-8-6-10-17(19)16-18/h17,20H,1-16H2. The Labute approximate surface area is 131 Å². The highest BCUT2D eigenvalue weighted by atomic mass is 32.1. The molecule has 0 N–H and O–H groups in total. The molecule has 2 aliphatic rings. The monoisotopic (exact) mass is 298 g/mol. The molecule has 0 amide bonds. The van der Waals surface area contributed by atoms with E-state index in [0.29, 0.717) is 0 Å². The highest BCUT2D eigenvalue weighted by molar-refractivity contribution is 7.80. The van der Waals surface area contributed by atoms with Gasteiger partial charge in [0.2, 0.25) is 0 Å². The molecule has 118 valence electrons. The Morgan fingerprint density at radius 3 is 2.35 bits per heavy atom. The minimum atomic E-state index is 0.888. The van der Waals surface area contributed by atoms with E-state index in [1.807, 2.05) is 0 Å². The van der Waals surface area contributed by atoms with Gasteiger partial charge in [-0.15, -0.1) is 0 Å². The maximum absolute atomic E-state index is 4.26. The van der Waals surface area contributed by atoms with Gasteiger partial charge in [0.15, 0.2) is 0 Å². The smallest absolute Gasteiger partial charge is 0.0223 e. The number of unbranched alkanes of at least 4 members (excludes halogenated alkanes) is 6. The van der Waals surface area contributed by atoms with Crippen LogP contribution in [0.15, 0.2) is 0 Å². The molecule has 0 aromatic rings. The van der Waals surface area contributed by atoms with Crippen LogP contribution in [0.5, 0.6) is 0 Å². The Hall–Kier alpha value is 0.270. The van der Waals surface area contributed by atoms with Gasteiger partial charge in [-0.2, -0.15) is 12.6 Å². The number of piperidine rings is 1. The zero-order chi connectivity index (χ0) is 14.0. The third kappa shape index (κ3) is 5.95. The fourth-order valence-corrected chi connectivity index (χ4v) is 3.98. The summed E-state index contributed by atoms with van der Waals surface area (Å²) in [6.07, 6.45) is 14.2. The van der Waals surface area contributed by atoms with Gasteiger partial charge in [-0.3, -0.25) is 4.90 Å². The number of piperazine rings is 1. The van der Waals surface area contributed by atoms with Gasteiger partial charge in [-0.05, 0) is 44.5 Å². The highest BCUT2D eigenvalue weighted by Gasteiger charge is 2.28. The number of nitrogens with zero attached hydrogens (tertiary/aromatic N) is 2. The lowest BCUT2D eigenvalue weighted by molar-refractivity contribution is 0.0486. The predicted octanol–water partition coefficient (Wildman–Crippen LogP) is 3.82. The molecular weight excluding hydrogens is 264 g/mol. The quantitative estimate of drug-likeness (QED) is 0.511. The van der Waals surface area contributed by atoms with Gasteiger partial charge in [0.1, 0.15) is 0 Å². The minimum Gasteiger partial charge on any atom is -0.301 e. The van der Waals surface area contributed by atoms with Crippen molar-refractivity contribution in [3.63, 3.8) is 0 Å². The second kappa shape index (κ2) is 10.1. The summed E-state index contributed by atoms with van der Waals surface area (Å²) in [6, 6.07) is 0.888. The van der Waals surface area contributed by atoms with Crippen molar-refractivity contribution < 1.29 is 0 Å². The molecule has 2 fully saturated rings. The zero-order valence-electron chi connectivity index (χ0n) is 13.2. The summed E-state index contributed by atoms with van der Waals surface area (Å²) in [6.45, 7) is 6.71. The summed E-state index contributed by atoms with van der Waals surface area (Å²) < 4.78 is 0. The lowest BCUT2D eigenvalue weighted by Crippen LogP contribution is -2.54. The van der Waals surface area contributed by atoms with Crippen LogP contribution in [0.3, 0.4) is 0 Å². The summed E-state index contributed by atoms with van der Waals surface area (Å²) in [5.41, 5.74) is 0. The first-order chi connectivity index (χ1) is 9.90. The molecule has 0 aliphatic carbocycles. The average molecular weight is 299 g/mol. The summed E-state index contributed by atoms with van der Waals surface area (Å²) >= 11 is 4.26. The summed E-state index contributed by atoms with van der Waals surface area (Å²) in [5.74, 6) is 1.06. The molecule has 20 heavy (non-hydrogen) atoms. The number of rotatable bonds is 9. The maximum atomic E-state index is 4.26. The molecule has 1 unspecified atom stereocenters. The zero-order valence-corrected chi connectivity index (χ0v) is 14.1. The third-order valence-corrected chi connectivity index (χ3v) is 5.37. The SMILES string of the molecule is SCCCCCCCCCN1CCN2CCCCC2C1. The van der Waals surface area contributed by atoms with Crippen LogP contribution >= 0.6 is 12.6 Å². The number of fused-ring (bicyclic) bond motifs is 1. The minimum absolute atomic E-state index is 0.888. The number of hydrogen-bond donors (Lipinski definition) is 1. The van der Waals surface area contributed by atoms with Gasteiger partial charge in [-0.1, -0.05) is 38.5 Å². The van der Waals surface area contributed by atoms with Crippen LogP contribution in [0.1, 0.15) is 64.2 Å². The highest BCUT2D eigenvalue weighted by Crippen LogP contribution is 2.21. The summed E-state index contributed by atoms with van der Waals surface area (Å²) in [7, 11) is 0. The third-order valence-electron chi connectivity index (χ3n) is 5.05. The molecule has 2 rings (SSSR count). The second-order valence-corrected chi connectivity index (χ2v) is 7.13. The fourth-order valence-electron chi connectivity index (χ4n) is 3.75. The van der Waals surface area contributed by atoms with E-state index < -0.39 is 0 Å². The molecular formula is C17H34N2S. The first-order valence-corrected chi connectivity index (χ1v) is 9.60. The molecule has 2 saturated heterocycles. The Bertz CT molecular complexity index is 247. The fraction of sp³-hybridized carbons (Fsp3) is 1.00. The summed E-state index contributed by atoms with van der Waals surface area (Å²) in [4.78, 5) is 5.47. The molecule has 0 radical (unpaired) electrons. The van der Waals surface area contributed by atoms with Crippen molar-refractivity contribution in [1.29, 1.82) is 0 Å². The van der Waals surface area contributed by atoms with Gasteiger partial charge in [0, 0.05) is 25.7 Å². The Balaban J connectivity index is 1.46. The van der Waals surface area contributed by atoms with E-state index in [1.165, 1.54) is 96.9 Å². The molecule has 0 aromatic carbocycles. The summed E-state index contributed by atoms with van der Waals surface area (Å²) in [5, 5.41) is 0. The van der Waals surface area contributed by atoms with Crippen LogP contribution in [-0.4, -0.2) is 54.3 Å². The Morgan fingerprint density at radius 1 is 0.800 bits per heavy atom. The van der Waals surface area contributed by atoms with Crippen molar-refractivity contribution >= 4 is 12.6 Å². The molecule has 0 saturated carbocycles. The van der Waals surface area contributed by atoms with Crippen LogP contribution in [0.4, 0.5) is 0 Å². The topological polar surface area (TPSA) is 6.48 Å². The maximum Gasteiger partial charge on any atom is 0.0223 e. The van der Waals surface area contributed by atoms with E-state index >= 15 is 0 Å². The molecule has 2 heterocycles. The van der Waals surface area contributed by atoms with E-state index in [1.54, 1.807) is 0 Å². The van der Waals surface area contributed by atoms with Crippen molar-refractivity contribution in [1.82, 2.24) is 9.80 Å². The normalized spacial score (nSPS) is 24.8. The van der Waals surface area contributed by atoms with Crippen molar-refractivity contribution in [2.24, 2.45) is 0 Å². The molecule has 3 heteroatoms. The Kier molecular flexibility index (Phi) is 8.38. The first kappa shape index (κ1) is 16.6. The van der Waals surface area contributed by atoms with Crippen LogP contribution in [-0.2, 0) is 0 Å². The van der Waals surface area contributed by atoms with Crippen molar-refractivity contribution in [3.05, 3.63) is 0 Å². The van der Waals surface area contributed by atoms with Crippen LogP contribution in [0, 0.1) is 0 Å². The second-order valence-electron chi connectivity index (χ2n) is 6.68. The van der Waals surface area contributed by atoms with Gasteiger partial charge in [-0.25, -0.2) is 0 Å². The van der Waals surface area contributed by atoms with Gasteiger partial charge >= 0.3 is 0 Å². The van der Waals surface area contributed by atoms with E-state index in [0.717, 1.165) is 11.8 Å². The predicted molar refractivity (Wildman–Crippen MR) is 91.8 cm³/mol. The molecule has 0 bridgehead atoms. The van der Waals surface area contributed by atoms with Crippen molar-refractivity contribution in [2.45, 2.75) is 70.3 Å². The molecule has 0 spiro atoms. The van der Waals surface area contributed by atoms with Gasteiger partial charge in [0.05, 0.1) is 0 Å². The van der Waals surface area contributed by atoms with E-state index in [-0.39, 0.29) is 0 Å². The van der Waals surface area contributed by atoms with E-state index in [2.05, 4.69) is 22.4 Å². The molecule has 2 aliphatic heterocycles. The van der Waals surface area contributed by atoms with Gasteiger partial charge in [0.25, 0.3) is 0 Å². The lowest BCUT2D eigenvalue weighted by atomic mass is 9.99. The van der Waals surface area contributed by atoms with E-state index in [9.17, 15) is 0 Å². The van der Waals surface area contributed by atoms with E-state index in [4.69, 9.17) is 0 Å². The molecule has 0 aromatic heterocycles. The molecule has 2 nitrogen and oxygen atoms in total. The van der Waals surface area contributed by atoms with Crippen LogP contribution in [0.25, 0.3) is 0 Å². The number of hydrogen-bond acceptors (Lipinski definition) is 3. The van der Waals surface area contributed by atoms with Crippen molar-refractivity contribution in [2.75, 3.05) is 38.5 Å². The van der Waals surface area contributed by atoms with Crippen LogP contribution < -0.4 is 0 Å². The molecule has 1 atom stereocenters. The Morgan fingerprint density at radius 2 is 1.55 bits per heavy atom. The average Bonchev–Trinajstić information content (AvgIpc) is 2.50. The van der Waals surface area contributed by atoms with Crippen LogP contribution in [0.2, 0.25) is 0 Å². The van der Waals surface area contributed by atoms with Crippen molar-refractivity contribution in [3.8, 4) is 0 Å². The first-order valence-electron chi connectivity index (χ1n) is 8.97. The lowest BCUT2D eigenvalue weighted by Gasteiger charge is -2.44. The van der Waals surface area contributed by atoms with Gasteiger partial charge < -0.3 is 4.90 Å².